The molecule has 5 nitrogen and oxygen atoms in total. The molecule has 0 aliphatic carbocycles. The maximum Gasteiger partial charge on any atom is 0.108 e. The van der Waals surface area contributed by atoms with Crippen molar-refractivity contribution in [3.63, 3.8) is 0 Å². The second-order valence-electron chi connectivity index (χ2n) is 6.01. The van der Waals surface area contributed by atoms with E-state index in [0.29, 0.717) is 12.2 Å². The first kappa shape index (κ1) is 18.8. The lowest BCUT2D eigenvalue weighted by Gasteiger charge is -2.37. The van der Waals surface area contributed by atoms with Gasteiger partial charge in [-0.1, -0.05) is 18.2 Å². The van der Waals surface area contributed by atoms with Crippen LogP contribution < -0.4 is 5.11 Å². The molecule has 2 aromatic rings. The molecule has 0 amide bonds. The molecule has 0 bridgehead atoms. The zero-order valence-corrected chi connectivity index (χ0v) is 15.2. The molecule has 0 radical (unpaired) electrons. The lowest BCUT2D eigenvalue weighted by atomic mass is 10.3. The largest absolute Gasteiger partial charge is 0.858 e. The Morgan fingerprint density at radius 2 is 1.24 bits per heavy atom. The van der Waals surface area contributed by atoms with E-state index in [9.17, 15) is 5.11 Å². The van der Waals surface area contributed by atoms with Crippen LogP contribution in [0.25, 0.3) is 0 Å². The standard InChI is InChI=1S/C20H26N4O/c1-4-24(5-2,6-3)16-20(25)21-17-12-14-19(15-13-17)23-22-18-10-8-7-9-11-18/h7-15H,4-6,16H2,1-3H3. The summed E-state index contributed by atoms with van der Waals surface area (Å²) < 4.78 is 0.770. The smallest absolute Gasteiger partial charge is 0.108 e. The van der Waals surface area contributed by atoms with E-state index in [1.54, 1.807) is 12.1 Å². The zero-order chi connectivity index (χ0) is 18.1. The fourth-order valence-corrected chi connectivity index (χ4v) is 2.68. The van der Waals surface area contributed by atoms with Crippen LogP contribution in [0, 0.1) is 0 Å². The molecule has 0 spiro atoms. The summed E-state index contributed by atoms with van der Waals surface area (Å²) in [5.74, 6) is -0.0794. The molecule has 0 aliphatic heterocycles. The summed E-state index contributed by atoms with van der Waals surface area (Å²) in [6, 6.07) is 16.8. The van der Waals surface area contributed by atoms with Crippen LogP contribution in [0.5, 0.6) is 0 Å². The number of hydrogen-bond donors (Lipinski definition) is 0. The molecule has 2 rings (SSSR count). The molecule has 25 heavy (non-hydrogen) atoms. The Balaban J connectivity index is 2.05. The Labute approximate surface area is 150 Å². The third-order valence-corrected chi connectivity index (χ3v) is 4.62. The Kier molecular flexibility index (Phi) is 6.83. The van der Waals surface area contributed by atoms with Crippen molar-refractivity contribution in [2.75, 3.05) is 26.2 Å². The average molecular weight is 338 g/mol. The van der Waals surface area contributed by atoms with Crippen LogP contribution in [0.15, 0.2) is 69.8 Å². The first-order valence-corrected chi connectivity index (χ1v) is 8.77. The maximum atomic E-state index is 12.3. The number of likely N-dealkylation sites (N-methyl/N-ethyl adjacent to an activating group) is 1. The lowest BCUT2D eigenvalue weighted by Crippen LogP contribution is -2.53. The van der Waals surface area contributed by atoms with E-state index in [1.165, 1.54) is 0 Å². The minimum atomic E-state index is -0.0794. The van der Waals surface area contributed by atoms with Gasteiger partial charge in [0.25, 0.3) is 0 Å². The molecule has 0 unspecified atom stereocenters. The summed E-state index contributed by atoms with van der Waals surface area (Å²) >= 11 is 0. The van der Waals surface area contributed by atoms with Crippen LogP contribution in [-0.2, 0) is 0 Å². The molecule has 0 N–H and O–H groups in total. The predicted octanol–water partition coefficient (Wildman–Crippen LogP) is 4.37. The summed E-state index contributed by atoms with van der Waals surface area (Å²) in [5.41, 5.74) is 2.19. The molecule has 0 aliphatic rings. The lowest BCUT2D eigenvalue weighted by molar-refractivity contribution is -0.916. The van der Waals surface area contributed by atoms with E-state index in [2.05, 4.69) is 36.0 Å². The number of rotatable bonds is 8. The molecule has 0 atom stereocenters. The molecule has 132 valence electrons. The quantitative estimate of drug-likeness (QED) is 0.305. The summed E-state index contributed by atoms with van der Waals surface area (Å²) in [5, 5.41) is 20.6. The minimum Gasteiger partial charge on any atom is -0.858 e. The van der Waals surface area contributed by atoms with Gasteiger partial charge in [-0.2, -0.15) is 10.2 Å². The van der Waals surface area contributed by atoms with Crippen molar-refractivity contribution in [1.29, 1.82) is 0 Å². The minimum absolute atomic E-state index is 0.0794. The second-order valence-corrected chi connectivity index (χ2v) is 6.01. The van der Waals surface area contributed by atoms with E-state index in [0.717, 1.165) is 35.5 Å². The van der Waals surface area contributed by atoms with Crippen LogP contribution in [0.4, 0.5) is 17.1 Å². The van der Waals surface area contributed by atoms with Gasteiger partial charge in [-0.15, -0.1) is 0 Å². The monoisotopic (exact) mass is 338 g/mol. The Hall–Kier alpha value is -2.53. The fraction of sp³-hybridized carbons (Fsp3) is 0.350. The van der Waals surface area contributed by atoms with Gasteiger partial charge >= 0.3 is 0 Å². The number of hydrogen-bond acceptors (Lipinski definition) is 4. The number of benzene rings is 2. The molecule has 0 saturated carbocycles. The van der Waals surface area contributed by atoms with Crippen molar-refractivity contribution >= 4 is 23.0 Å². The third-order valence-electron chi connectivity index (χ3n) is 4.62. The van der Waals surface area contributed by atoms with Gasteiger partial charge in [-0.3, -0.25) is 4.99 Å². The van der Waals surface area contributed by atoms with Gasteiger partial charge < -0.3 is 9.59 Å². The zero-order valence-electron chi connectivity index (χ0n) is 15.2. The molecule has 0 saturated heterocycles. The van der Waals surface area contributed by atoms with E-state index in [-0.39, 0.29) is 5.90 Å². The highest BCUT2D eigenvalue weighted by atomic mass is 16.3. The van der Waals surface area contributed by atoms with Gasteiger partial charge in [-0.25, -0.2) is 0 Å². The Morgan fingerprint density at radius 3 is 1.76 bits per heavy atom. The predicted molar refractivity (Wildman–Crippen MR) is 101 cm³/mol. The molecule has 2 aromatic carbocycles. The number of nitrogens with zero attached hydrogens (tertiary/aromatic N) is 4. The summed E-state index contributed by atoms with van der Waals surface area (Å²) in [4.78, 5) is 4.22. The summed E-state index contributed by atoms with van der Waals surface area (Å²) in [6.45, 7) is 9.61. The van der Waals surface area contributed by atoms with E-state index in [4.69, 9.17) is 0 Å². The second kappa shape index (κ2) is 9.08. The maximum absolute atomic E-state index is 12.3. The van der Waals surface area contributed by atoms with E-state index in [1.807, 2.05) is 42.5 Å². The van der Waals surface area contributed by atoms with E-state index >= 15 is 0 Å². The number of aliphatic imine (C=N–C) groups is 1. The summed E-state index contributed by atoms with van der Waals surface area (Å²) in [7, 11) is 0. The van der Waals surface area contributed by atoms with Crippen molar-refractivity contribution in [3.8, 4) is 0 Å². The van der Waals surface area contributed by atoms with Crippen LogP contribution in [0.2, 0.25) is 0 Å². The summed E-state index contributed by atoms with van der Waals surface area (Å²) in [6.07, 6.45) is 0. The van der Waals surface area contributed by atoms with Gasteiger partial charge in [-0.05, 0) is 57.2 Å². The molecule has 0 fully saturated rings. The average Bonchev–Trinajstić information content (AvgIpc) is 2.66. The normalized spacial score (nSPS) is 12.7. The van der Waals surface area contributed by atoms with Crippen LogP contribution >= 0.6 is 0 Å². The van der Waals surface area contributed by atoms with Crippen molar-refractivity contribution in [2.24, 2.45) is 15.2 Å². The highest BCUT2D eigenvalue weighted by Crippen LogP contribution is 2.21. The van der Waals surface area contributed by atoms with Crippen molar-refractivity contribution in [1.82, 2.24) is 0 Å². The van der Waals surface area contributed by atoms with Gasteiger partial charge in [0.1, 0.15) is 6.54 Å². The van der Waals surface area contributed by atoms with E-state index < -0.39 is 0 Å². The van der Waals surface area contributed by atoms with Crippen molar-refractivity contribution in [3.05, 3.63) is 54.6 Å². The van der Waals surface area contributed by atoms with Crippen molar-refractivity contribution in [2.45, 2.75) is 20.8 Å². The first-order valence-electron chi connectivity index (χ1n) is 8.77. The topological polar surface area (TPSA) is 60.1 Å². The third kappa shape index (κ3) is 5.50. The highest BCUT2D eigenvalue weighted by molar-refractivity contribution is 5.76. The fourth-order valence-electron chi connectivity index (χ4n) is 2.68. The van der Waals surface area contributed by atoms with Gasteiger partial charge in [0.15, 0.2) is 0 Å². The van der Waals surface area contributed by atoms with Gasteiger partial charge in [0, 0.05) is 5.90 Å². The first-order chi connectivity index (χ1) is 12.1. The molecular weight excluding hydrogens is 312 g/mol. The Bertz CT molecular complexity index is 696. The number of azo groups is 1. The van der Waals surface area contributed by atoms with Crippen LogP contribution in [-0.4, -0.2) is 36.6 Å². The SMILES string of the molecule is CC[N+](CC)(CC)CC([O-])=Nc1ccc(N=Nc2ccccc2)cc1. The van der Waals surface area contributed by atoms with Crippen LogP contribution in [0.3, 0.4) is 0 Å². The molecule has 5 heteroatoms. The number of quaternary nitrogens is 1. The highest BCUT2D eigenvalue weighted by Gasteiger charge is 2.19. The van der Waals surface area contributed by atoms with Gasteiger partial charge in [0.05, 0.1) is 36.7 Å². The van der Waals surface area contributed by atoms with Crippen molar-refractivity contribution < 1.29 is 9.59 Å². The molecule has 0 aromatic heterocycles. The van der Waals surface area contributed by atoms with Crippen LogP contribution in [0.1, 0.15) is 20.8 Å². The molecular formula is C20H26N4O. The molecule has 0 heterocycles. The van der Waals surface area contributed by atoms with Gasteiger partial charge in [0.2, 0.25) is 0 Å². The Morgan fingerprint density at radius 1 is 0.760 bits per heavy atom.